The molecule has 1 aliphatic rings. The van der Waals surface area contributed by atoms with Gasteiger partial charge in [-0.05, 0) is 31.5 Å². The summed E-state index contributed by atoms with van der Waals surface area (Å²) in [6.45, 7) is 1.93. The largest absolute Gasteiger partial charge is 0.458 e. The minimum absolute atomic E-state index is 0.268. The van der Waals surface area contributed by atoms with Crippen molar-refractivity contribution >= 4 is 11.0 Å². The Labute approximate surface area is 100 Å². The summed E-state index contributed by atoms with van der Waals surface area (Å²) in [7, 11) is 0. The summed E-state index contributed by atoms with van der Waals surface area (Å²) < 4.78 is 5.71. The van der Waals surface area contributed by atoms with Gasteiger partial charge in [0, 0.05) is 17.8 Å². The van der Waals surface area contributed by atoms with Crippen molar-refractivity contribution in [3.8, 4) is 0 Å². The molecule has 2 N–H and O–H groups in total. The van der Waals surface area contributed by atoms with E-state index in [0.29, 0.717) is 5.76 Å². The first-order valence-electron chi connectivity index (χ1n) is 6.22. The normalized spacial score (nSPS) is 22.8. The monoisotopic (exact) mass is 231 g/mol. The highest BCUT2D eigenvalue weighted by Crippen LogP contribution is 2.31. The van der Waals surface area contributed by atoms with Crippen molar-refractivity contribution < 1.29 is 9.52 Å². The molecule has 0 amide bonds. The van der Waals surface area contributed by atoms with Gasteiger partial charge >= 0.3 is 0 Å². The fraction of sp³-hybridized carbons (Fsp3) is 0.429. The van der Waals surface area contributed by atoms with Crippen LogP contribution in [0.1, 0.15) is 24.7 Å². The van der Waals surface area contributed by atoms with Gasteiger partial charge in [0.1, 0.15) is 17.4 Å². The topological polar surface area (TPSA) is 45.4 Å². The van der Waals surface area contributed by atoms with Gasteiger partial charge in [0.2, 0.25) is 0 Å². The highest BCUT2D eigenvalue weighted by atomic mass is 16.4. The number of aliphatic hydroxyl groups excluding tert-OH is 1. The van der Waals surface area contributed by atoms with E-state index in [-0.39, 0.29) is 5.92 Å². The third-order valence-corrected chi connectivity index (χ3v) is 3.52. The molecule has 1 fully saturated rings. The van der Waals surface area contributed by atoms with E-state index < -0.39 is 6.10 Å². The van der Waals surface area contributed by atoms with E-state index in [1.165, 1.54) is 0 Å². The Morgan fingerprint density at radius 1 is 1.35 bits per heavy atom. The Bertz CT molecular complexity index is 467. The molecule has 2 heterocycles. The van der Waals surface area contributed by atoms with E-state index in [2.05, 4.69) is 5.32 Å². The summed E-state index contributed by atoms with van der Waals surface area (Å²) >= 11 is 0. The van der Waals surface area contributed by atoms with Crippen molar-refractivity contribution in [2.75, 3.05) is 13.1 Å². The van der Waals surface area contributed by atoms with Gasteiger partial charge in [0.15, 0.2) is 0 Å². The van der Waals surface area contributed by atoms with Crippen LogP contribution < -0.4 is 5.32 Å². The maximum absolute atomic E-state index is 10.3. The van der Waals surface area contributed by atoms with Crippen molar-refractivity contribution in [1.82, 2.24) is 5.32 Å². The molecule has 0 radical (unpaired) electrons. The predicted molar refractivity (Wildman–Crippen MR) is 66.8 cm³/mol. The van der Waals surface area contributed by atoms with Crippen molar-refractivity contribution in [2.45, 2.75) is 18.9 Å². The van der Waals surface area contributed by atoms with Crippen molar-refractivity contribution in [1.29, 1.82) is 0 Å². The minimum atomic E-state index is -0.491. The second kappa shape index (κ2) is 4.51. The van der Waals surface area contributed by atoms with Gasteiger partial charge in [-0.3, -0.25) is 0 Å². The van der Waals surface area contributed by atoms with Crippen LogP contribution in [0.3, 0.4) is 0 Å². The maximum atomic E-state index is 10.3. The molecule has 3 rings (SSSR count). The van der Waals surface area contributed by atoms with Gasteiger partial charge in [-0.15, -0.1) is 0 Å². The molecule has 1 aromatic carbocycles. The van der Waals surface area contributed by atoms with Crippen LogP contribution in [-0.2, 0) is 0 Å². The molecule has 3 nitrogen and oxygen atoms in total. The number of para-hydroxylation sites is 1. The van der Waals surface area contributed by atoms with E-state index in [9.17, 15) is 5.11 Å². The van der Waals surface area contributed by atoms with Crippen LogP contribution in [0.15, 0.2) is 34.7 Å². The lowest BCUT2D eigenvalue weighted by atomic mass is 9.92. The van der Waals surface area contributed by atoms with Crippen molar-refractivity contribution in [3.05, 3.63) is 36.1 Å². The molecule has 1 aliphatic heterocycles. The molecule has 2 aromatic rings. The van der Waals surface area contributed by atoms with Gasteiger partial charge < -0.3 is 14.8 Å². The SMILES string of the molecule is OC(c1cc2ccccc2o1)C1CCCNC1. The lowest BCUT2D eigenvalue weighted by Gasteiger charge is -2.25. The van der Waals surface area contributed by atoms with Gasteiger partial charge in [-0.1, -0.05) is 18.2 Å². The molecular weight excluding hydrogens is 214 g/mol. The summed E-state index contributed by atoms with van der Waals surface area (Å²) in [6, 6.07) is 9.83. The van der Waals surface area contributed by atoms with Crippen molar-refractivity contribution in [3.63, 3.8) is 0 Å². The van der Waals surface area contributed by atoms with Crippen LogP contribution in [0.4, 0.5) is 0 Å². The number of aliphatic hydroxyl groups is 1. The average Bonchev–Trinajstić information content (AvgIpc) is 2.82. The van der Waals surface area contributed by atoms with Gasteiger partial charge in [-0.2, -0.15) is 0 Å². The maximum Gasteiger partial charge on any atom is 0.134 e. The van der Waals surface area contributed by atoms with Crippen molar-refractivity contribution in [2.24, 2.45) is 5.92 Å². The molecular formula is C14H17NO2. The molecule has 0 aliphatic carbocycles. The van der Waals surface area contributed by atoms with E-state index >= 15 is 0 Å². The Morgan fingerprint density at radius 2 is 2.24 bits per heavy atom. The predicted octanol–water partition coefficient (Wildman–Crippen LogP) is 2.47. The minimum Gasteiger partial charge on any atom is -0.458 e. The number of hydrogen-bond acceptors (Lipinski definition) is 3. The van der Waals surface area contributed by atoms with Gasteiger partial charge in [0.05, 0.1) is 0 Å². The quantitative estimate of drug-likeness (QED) is 0.834. The Hall–Kier alpha value is -1.32. The first-order chi connectivity index (χ1) is 8.34. The highest BCUT2D eigenvalue weighted by molar-refractivity contribution is 5.77. The Kier molecular flexibility index (Phi) is 2.87. The lowest BCUT2D eigenvalue weighted by molar-refractivity contribution is 0.0735. The molecule has 2 unspecified atom stereocenters. The zero-order chi connectivity index (χ0) is 11.7. The number of benzene rings is 1. The second-order valence-corrected chi connectivity index (χ2v) is 4.74. The van der Waals surface area contributed by atoms with Gasteiger partial charge in [0.25, 0.3) is 0 Å². The van der Waals surface area contributed by atoms with Crippen LogP contribution >= 0.6 is 0 Å². The van der Waals surface area contributed by atoms with E-state index in [1.807, 2.05) is 30.3 Å². The summed E-state index contributed by atoms with van der Waals surface area (Å²) in [5, 5.41) is 14.7. The van der Waals surface area contributed by atoms with E-state index in [1.54, 1.807) is 0 Å². The number of rotatable bonds is 2. The summed E-state index contributed by atoms with van der Waals surface area (Å²) in [4.78, 5) is 0. The molecule has 1 aromatic heterocycles. The lowest BCUT2D eigenvalue weighted by Crippen LogP contribution is -2.33. The number of fused-ring (bicyclic) bond motifs is 1. The third kappa shape index (κ3) is 2.08. The smallest absolute Gasteiger partial charge is 0.134 e. The highest BCUT2D eigenvalue weighted by Gasteiger charge is 2.25. The van der Waals surface area contributed by atoms with E-state index in [0.717, 1.165) is 36.9 Å². The molecule has 90 valence electrons. The number of nitrogens with one attached hydrogen (secondary N) is 1. The van der Waals surface area contributed by atoms with E-state index in [4.69, 9.17) is 4.42 Å². The number of furan rings is 1. The molecule has 17 heavy (non-hydrogen) atoms. The molecule has 0 spiro atoms. The zero-order valence-corrected chi connectivity index (χ0v) is 9.73. The van der Waals surface area contributed by atoms with Crippen LogP contribution in [0.2, 0.25) is 0 Å². The van der Waals surface area contributed by atoms with Gasteiger partial charge in [-0.25, -0.2) is 0 Å². The summed E-state index contributed by atoms with van der Waals surface area (Å²) in [5.41, 5.74) is 0.852. The first-order valence-corrected chi connectivity index (χ1v) is 6.22. The fourth-order valence-electron chi connectivity index (χ4n) is 2.53. The second-order valence-electron chi connectivity index (χ2n) is 4.74. The van der Waals surface area contributed by atoms with Crippen LogP contribution in [0.25, 0.3) is 11.0 Å². The Morgan fingerprint density at radius 3 is 3.00 bits per heavy atom. The third-order valence-electron chi connectivity index (χ3n) is 3.52. The molecule has 1 saturated heterocycles. The number of hydrogen-bond donors (Lipinski definition) is 2. The fourth-order valence-corrected chi connectivity index (χ4v) is 2.53. The standard InChI is InChI=1S/C14H17NO2/c16-14(11-5-3-7-15-9-11)13-8-10-4-1-2-6-12(10)17-13/h1-2,4,6,8,11,14-16H,3,5,7,9H2. The molecule has 0 saturated carbocycles. The molecule has 2 atom stereocenters. The van der Waals surface area contributed by atoms with Crippen LogP contribution in [-0.4, -0.2) is 18.2 Å². The van der Waals surface area contributed by atoms with Crippen LogP contribution in [0, 0.1) is 5.92 Å². The first kappa shape index (κ1) is 10.8. The molecule has 3 heteroatoms. The Balaban J connectivity index is 1.86. The zero-order valence-electron chi connectivity index (χ0n) is 9.73. The summed E-state index contributed by atoms with van der Waals surface area (Å²) in [5.74, 6) is 0.962. The number of piperidine rings is 1. The van der Waals surface area contributed by atoms with Crippen LogP contribution in [0.5, 0.6) is 0 Å². The summed E-state index contributed by atoms with van der Waals surface area (Å²) in [6.07, 6.45) is 1.70. The average molecular weight is 231 g/mol. The molecule has 0 bridgehead atoms.